The summed E-state index contributed by atoms with van der Waals surface area (Å²) in [5.41, 5.74) is 4.21. The van der Waals surface area contributed by atoms with Crippen molar-refractivity contribution in [2.45, 2.75) is 38.1 Å². The first kappa shape index (κ1) is 20.9. The van der Waals surface area contributed by atoms with Gasteiger partial charge in [0.2, 0.25) is 0 Å². The van der Waals surface area contributed by atoms with Gasteiger partial charge in [-0.1, -0.05) is 23.7 Å². The molecule has 6 heteroatoms. The molecule has 0 unspecified atom stereocenters. The Labute approximate surface area is 181 Å². The molecule has 0 amide bonds. The van der Waals surface area contributed by atoms with Gasteiger partial charge in [-0.2, -0.15) is 0 Å². The third-order valence-corrected chi connectivity index (χ3v) is 5.87. The minimum Gasteiger partial charge on any atom is -0.386 e. The second-order valence-corrected chi connectivity index (χ2v) is 8.28. The normalized spacial score (nSPS) is 17.6. The quantitative estimate of drug-likeness (QED) is 0.601. The number of aromatic nitrogens is 2. The minimum absolute atomic E-state index is 0.338. The fourth-order valence-corrected chi connectivity index (χ4v) is 4.52. The van der Waals surface area contributed by atoms with Crippen LogP contribution in [-0.4, -0.2) is 39.2 Å². The number of likely N-dealkylation sites (tertiary alicyclic amines) is 1. The van der Waals surface area contributed by atoms with E-state index in [9.17, 15) is 9.50 Å². The Morgan fingerprint density at radius 2 is 1.90 bits per heavy atom. The summed E-state index contributed by atoms with van der Waals surface area (Å²) >= 11 is 6.28. The van der Waals surface area contributed by atoms with Gasteiger partial charge < -0.3 is 5.11 Å². The number of nitrogens with zero attached hydrogens (tertiary/aromatic N) is 3. The monoisotopic (exact) mass is 425 g/mol. The summed E-state index contributed by atoms with van der Waals surface area (Å²) < 4.78 is 13.8. The maximum absolute atomic E-state index is 13.8. The summed E-state index contributed by atoms with van der Waals surface area (Å²) in [4.78, 5) is 11.0. The van der Waals surface area contributed by atoms with Gasteiger partial charge in [0.1, 0.15) is 12.3 Å². The molecule has 0 bridgehead atoms. The van der Waals surface area contributed by atoms with Crippen molar-refractivity contribution in [1.29, 1.82) is 0 Å². The summed E-state index contributed by atoms with van der Waals surface area (Å²) in [7, 11) is 0. The number of halogens is 2. The van der Waals surface area contributed by atoms with Crippen LogP contribution in [0.3, 0.4) is 0 Å². The van der Waals surface area contributed by atoms with Crippen LogP contribution in [0.15, 0.2) is 61.1 Å². The van der Waals surface area contributed by atoms with E-state index in [1.807, 2.05) is 49.4 Å². The van der Waals surface area contributed by atoms with E-state index < -0.39 is 12.3 Å². The van der Waals surface area contributed by atoms with E-state index in [0.717, 1.165) is 22.3 Å². The Morgan fingerprint density at radius 1 is 1.13 bits per heavy atom. The Bertz CT molecular complexity index is 973. The minimum atomic E-state index is -0.853. The number of aryl methyl sites for hydroxylation is 1. The molecule has 0 radical (unpaired) electrons. The Morgan fingerprint density at radius 3 is 2.60 bits per heavy atom. The smallest absolute Gasteiger partial charge is 0.103 e. The van der Waals surface area contributed by atoms with Crippen LogP contribution in [0.25, 0.3) is 11.3 Å². The third-order valence-electron chi connectivity index (χ3n) is 5.65. The second kappa shape index (κ2) is 9.21. The maximum atomic E-state index is 13.8. The molecule has 0 aliphatic carbocycles. The Balaban J connectivity index is 1.76. The predicted molar refractivity (Wildman–Crippen MR) is 117 cm³/mol. The molecule has 4 nitrogen and oxygen atoms in total. The lowest BCUT2D eigenvalue weighted by atomic mass is 9.91. The van der Waals surface area contributed by atoms with Gasteiger partial charge in [0.25, 0.3) is 0 Å². The molecule has 0 saturated carbocycles. The van der Waals surface area contributed by atoms with E-state index in [1.54, 1.807) is 18.6 Å². The van der Waals surface area contributed by atoms with Gasteiger partial charge in [-0.3, -0.25) is 14.9 Å². The summed E-state index contributed by atoms with van der Waals surface area (Å²) in [6.07, 6.45) is 4.51. The molecule has 156 valence electrons. The lowest BCUT2D eigenvalue weighted by Gasteiger charge is -2.38. The molecule has 4 rings (SSSR count). The van der Waals surface area contributed by atoms with Gasteiger partial charge in [-0.05, 0) is 61.2 Å². The van der Waals surface area contributed by atoms with E-state index in [2.05, 4.69) is 14.9 Å². The Kier molecular flexibility index (Phi) is 6.42. The van der Waals surface area contributed by atoms with Crippen molar-refractivity contribution in [2.75, 3.05) is 13.1 Å². The van der Waals surface area contributed by atoms with E-state index >= 15 is 0 Å². The third kappa shape index (κ3) is 4.53. The number of hydrogen-bond donors (Lipinski definition) is 1. The van der Waals surface area contributed by atoms with E-state index in [-0.39, 0.29) is 6.04 Å². The molecular formula is C24H25ClFN3O. The number of alkyl halides is 1. The Hall–Kier alpha value is -2.34. The highest BCUT2D eigenvalue weighted by Crippen LogP contribution is 2.39. The number of aliphatic hydroxyl groups excluding tert-OH is 1. The highest BCUT2D eigenvalue weighted by molar-refractivity contribution is 6.30. The number of aliphatic hydroxyl groups is 1. The van der Waals surface area contributed by atoms with Crippen molar-refractivity contribution < 1.29 is 9.50 Å². The van der Waals surface area contributed by atoms with Crippen molar-refractivity contribution >= 4 is 11.6 Å². The summed E-state index contributed by atoms with van der Waals surface area (Å²) in [5, 5.41) is 12.2. The van der Waals surface area contributed by atoms with E-state index in [1.165, 1.54) is 0 Å². The van der Waals surface area contributed by atoms with Gasteiger partial charge in [0, 0.05) is 47.8 Å². The predicted octanol–water partition coefficient (Wildman–Crippen LogP) is 5.31. The molecular weight excluding hydrogens is 401 g/mol. The highest BCUT2D eigenvalue weighted by Gasteiger charge is 2.33. The van der Waals surface area contributed by atoms with E-state index in [0.29, 0.717) is 36.6 Å². The topological polar surface area (TPSA) is 49.3 Å². The lowest BCUT2D eigenvalue weighted by molar-refractivity contribution is 0.0219. The number of piperidine rings is 1. The van der Waals surface area contributed by atoms with Crippen molar-refractivity contribution in [1.82, 2.24) is 14.9 Å². The second-order valence-electron chi connectivity index (χ2n) is 7.85. The molecule has 2 aromatic heterocycles. The summed E-state index contributed by atoms with van der Waals surface area (Å²) in [6, 6.07) is 13.0. The van der Waals surface area contributed by atoms with Crippen LogP contribution in [0.4, 0.5) is 4.39 Å². The molecule has 1 fully saturated rings. The zero-order chi connectivity index (χ0) is 21.1. The van der Waals surface area contributed by atoms with Gasteiger partial charge in [-0.25, -0.2) is 4.39 Å². The molecule has 1 N–H and O–H groups in total. The van der Waals surface area contributed by atoms with Crippen LogP contribution in [0, 0.1) is 6.92 Å². The van der Waals surface area contributed by atoms with Crippen LogP contribution in [0.5, 0.6) is 0 Å². The molecule has 1 aromatic carbocycles. The van der Waals surface area contributed by atoms with E-state index in [4.69, 9.17) is 11.6 Å². The van der Waals surface area contributed by atoms with Crippen LogP contribution < -0.4 is 0 Å². The standard InChI is InChI=1S/C24H25ClFN3O/c1-16-12-18(14-19(25)13-16)22-21(5-3-9-28-22)24(30)23(17-4-2-8-27-15-17)29-10-6-20(26)7-11-29/h2-5,8-9,12-15,20,23-24,30H,6-7,10-11H2,1H3/t23-,24+/m0/s1. The molecule has 0 spiro atoms. The van der Waals surface area contributed by atoms with Crippen molar-refractivity contribution in [2.24, 2.45) is 0 Å². The summed E-state index contributed by atoms with van der Waals surface area (Å²) in [6.45, 7) is 3.15. The van der Waals surface area contributed by atoms with Gasteiger partial charge >= 0.3 is 0 Å². The van der Waals surface area contributed by atoms with Crippen molar-refractivity contribution in [3.8, 4) is 11.3 Å². The first-order chi connectivity index (χ1) is 14.5. The number of pyridine rings is 2. The first-order valence-electron chi connectivity index (χ1n) is 10.2. The lowest BCUT2D eigenvalue weighted by Crippen LogP contribution is -2.40. The number of rotatable bonds is 5. The first-order valence-corrected chi connectivity index (χ1v) is 10.6. The van der Waals surface area contributed by atoms with Crippen molar-refractivity contribution in [3.05, 3.63) is 82.8 Å². The van der Waals surface area contributed by atoms with Crippen LogP contribution in [0.2, 0.25) is 5.02 Å². The SMILES string of the molecule is Cc1cc(Cl)cc(-c2ncccc2[C@@H](O)[C@H](c2cccnc2)N2CCC(F)CC2)c1. The molecule has 1 saturated heterocycles. The van der Waals surface area contributed by atoms with Crippen LogP contribution in [0.1, 0.15) is 41.7 Å². The van der Waals surface area contributed by atoms with Gasteiger partial charge in [-0.15, -0.1) is 0 Å². The zero-order valence-corrected chi connectivity index (χ0v) is 17.6. The molecule has 1 aliphatic rings. The van der Waals surface area contributed by atoms with Crippen LogP contribution >= 0.6 is 11.6 Å². The molecule has 3 heterocycles. The molecule has 30 heavy (non-hydrogen) atoms. The average Bonchev–Trinajstić information content (AvgIpc) is 2.75. The number of hydrogen-bond acceptors (Lipinski definition) is 4. The highest BCUT2D eigenvalue weighted by atomic mass is 35.5. The van der Waals surface area contributed by atoms with Crippen LogP contribution in [-0.2, 0) is 0 Å². The molecule has 1 aliphatic heterocycles. The number of benzene rings is 1. The molecule has 2 atom stereocenters. The zero-order valence-electron chi connectivity index (χ0n) is 16.9. The largest absolute Gasteiger partial charge is 0.386 e. The van der Waals surface area contributed by atoms with Gasteiger partial charge in [0.15, 0.2) is 0 Å². The molecule has 3 aromatic rings. The van der Waals surface area contributed by atoms with Gasteiger partial charge in [0.05, 0.1) is 11.7 Å². The summed E-state index contributed by atoms with van der Waals surface area (Å²) in [5.74, 6) is 0. The maximum Gasteiger partial charge on any atom is 0.103 e. The fraction of sp³-hybridized carbons (Fsp3) is 0.333. The van der Waals surface area contributed by atoms with Crippen molar-refractivity contribution in [3.63, 3.8) is 0 Å². The fourth-order valence-electron chi connectivity index (χ4n) is 4.23. The average molecular weight is 426 g/mol.